The molecule has 3 nitrogen and oxygen atoms in total. The molecule has 25 heavy (non-hydrogen) atoms. The number of ether oxygens (including phenoxy) is 1. The number of carbonyl (C=O) groups excluding carboxylic acids is 1. The molecule has 0 unspecified atom stereocenters. The molecule has 0 aliphatic carbocycles. The Morgan fingerprint density at radius 2 is 1.76 bits per heavy atom. The van der Waals surface area contributed by atoms with Gasteiger partial charge in [-0.2, -0.15) is 0 Å². The van der Waals surface area contributed by atoms with Crippen molar-refractivity contribution in [2.75, 3.05) is 12.4 Å². The summed E-state index contributed by atoms with van der Waals surface area (Å²) in [6.07, 6.45) is 3.04. The minimum atomic E-state index is -0.248. The second-order valence-corrected chi connectivity index (χ2v) is 7.50. The highest BCUT2D eigenvalue weighted by atomic mass is 35.5. The fraction of sp³-hybridized carbons (Fsp3) is 0.250. The van der Waals surface area contributed by atoms with Gasteiger partial charge in [0.1, 0.15) is 5.75 Å². The van der Waals surface area contributed by atoms with Crippen molar-refractivity contribution in [2.24, 2.45) is 0 Å². The lowest BCUT2D eigenvalue weighted by Crippen LogP contribution is -2.12. The number of nitrogens with one attached hydrogen (secondary N) is 1. The third-order valence-corrected chi connectivity index (χ3v) is 4.17. The number of hydrogen-bond donors (Lipinski definition) is 1. The zero-order valence-electron chi connectivity index (χ0n) is 14.7. The monoisotopic (exact) mass is 377 g/mol. The van der Waals surface area contributed by atoms with E-state index in [9.17, 15) is 4.79 Å². The molecule has 0 aliphatic rings. The molecule has 0 fully saturated rings. The molecule has 0 spiro atoms. The first-order chi connectivity index (χ1) is 11.7. The molecule has 2 aromatic carbocycles. The van der Waals surface area contributed by atoms with Gasteiger partial charge in [-0.3, -0.25) is 4.79 Å². The van der Waals surface area contributed by atoms with Gasteiger partial charge in [-0.15, -0.1) is 0 Å². The van der Waals surface area contributed by atoms with E-state index in [1.165, 1.54) is 18.7 Å². The summed E-state index contributed by atoms with van der Waals surface area (Å²) in [7, 11) is 1.52. The summed E-state index contributed by atoms with van der Waals surface area (Å²) in [5.74, 6) is 0.228. The van der Waals surface area contributed by atoms with Crippen LogP contribution in [-0.2, 0) is 10.2 Å². The van der Waals surface area contributed by atoms with E-state index in [0.717, 1.165) is 5.69 Å². The van der Waals surface area contributed by atoms with Crippen molar-refractivity contribution < 1.29 is 9.53 Å². The molecule has 0 radical (unpaired) electrons. The largest absolute Gasteiger partial charge is 0.495 e. The van der Waals surface area contributed by atoms with Gasteiger partial charge in [0.15, 0.2) is 0 Å². The molecule has 0 aliphatic heterocycles. The van der Waals surface area contributed by atoms with Crippen LogP contribution in [0, 0.1) is 0 Å². The highest BCUT2D eigenvalue weighted by Crippen LogP contribution is 2.33. The van der Waals surface area contributed by atoms with Crippen LogP contribution in [0.4, 0.5) is 5.69 Å². The number of hydrogen-bond acceptors (Lipinski definition) is 2. The molecule has 0 atom stereocenters. The summed E-state index contributed by atoms with van der Waals surface area (Å²) in [6.45, 7) is 6.44. The van der Waals surface area contributed by atoms with Crippen molar-refractivity contribution in [3.63, 3.8) is 0 Å². The van der Waals surface area contributed by atoms with E-state index in [1.807, 2.05) is 24.3 Å². The number of amides is 1. The van der Waals surface area contributed by atoms with E-state index in [-0.39, 0.29) is 11.3 Å². The Hall–Kier alpha value is -1.97. The van der Waals surface area contributed by atoms with E-state index in [2.05, 4.69) is 26.1 Å². The minimum absolute atomic E-state index is 0.0742. The molecule has 2 aromatic rings. The summed E-state index contributed by atoms with van der Waals surface area (Å²) in [5, 5.41) is 3.70. The topological polar surface area (TPSA) is 38.3 Å². The molecule has 132 valence electrons. The number of anilines is 1. The van der Waals surface area contributed by atoms with Gasteiger partial charge < -0.3 is 10.1 Å². The van der Waals surface area contributed by atoms with Gasteiger partial charge in [0.05, 0.1) is 12.1 Å². The SMILES string of the molecule is COc1c(Cl)cc(Cl)cc1/C=C/C(=O)Nc1ccc(C(C)(C)C)cc1. The van der Waals surface area contributed by atoms with Crippen molar-refractivity contribution in [2.45, 2.75) is 26.2 Å². The van der Waals surface area contributed by atoms with E-state index in [0.29, 0.717) is 21.4 Å². The second kappa shape index (κ2) is 7.94. The first-order valence-electron chi connectivity index (χ1n) is 7.83. The summed E-state index contributed by atoms with van der Waals surface area (Å²) in [5.41, 5.74) is 2.65. The van der Waals surface area contributed by atoms with Crippen LogP contribution < -0.4 is 10.1 Å². The van der Waals surface area contributed by atoms with E-state index >= 15 is 0 Å². The first kappa shape index (κ1) is 19.4. The van der Waals surface area contributed by atoms with Gasteiger partial charge in [0.2, 0.25) is 5.91 Å². The maximum atomic E-state index is 12.1. The predicted molar refractivity (Wildman–Crippen MR) is 106 cm³/mol. The molecule has 0 heterocycles. The van der Waals surface area contributed by atoms with E-state index in [4.69, 9.17) is 27.9 Å². The first-order valence-corrected chi connectivity index (χ1v) is 8.59. The van der Waals surface area contributed by atoms with Crippen LogP contribution in [0.1, 0.15) is 31.9 Å². The highest BCUT2D eigenvalue weighted by molar-refractivity contribution is 6.36. The molecule has 0 saturated carbocycles. The van der Waals surface area contributed by atoms with Crippen LogP contribution in [0.5, 0.6) is 5.75 Å². The third kappa shape index (κ3) is 5.25. The molecule has 0 aromatic heterocycles. The Balaban J connectivity index is 2.11. The summed E-state index contributed by atoms with van der Waals surface area (Å²) < 4.78 is 5.25. The predicted octanol–water partition coefficient (Wildman–Crippen LogP) is 5.95. The van der Waals surface area contributed by atoms with Crippen molar-refractivity contribution in [3.05, 3.63) is 63.6 Å². The third-order valence-electron chi connectivity index (χ3n) is 3.67. The Bertz CT molecular complexity index is 791. The Labute approximate surface area is 158 Å². The molecular formula is C20H21Cl2NO2. The molecule has 1 N–H and O–H groups in total. The average molecular weight is 378 g/mol. The van der Waals surface area contributed by atoms with Crippen LogP contribution >= 0.6 is 23.2 Å². The van der Waals surface area contributed by atoms with Crippen LogP contribution in [0.25, 0.3) is 6.08 Å². The number of rotatable bonds is 4. The molecular weight excluding hydrogens is 357 g/mol. The summed E-state index contributed by atoms with van der Waals surface area (Å²) in [6, 6.07) is 11.1. The highest BCUT2D eigenvalue weighted by Gasteiger charge is 2.13. The van der Waals surface area contributed by atoms with Crippen LogP contribution in [0.3, 0.4) is 0 Å². The number of carbonyl (C=O) groups is 1. The number of benzene rings is 2. The Morgan fingerprint density at radius 1 is 1.12 bits per heavy atom. The van der Waals surface area contributed by atoms with Crippen LogP contribution in [0.2, 0.25) is 10.0 Å². The van der Waals surface area contributed by atoms with Crippen molar-refractivity contribution in [1.29, 1.82) is 0 Å². The zero-order chi connectivity index (χ0) is 18.6. The van der Waals surface area contributed by atoms with E-state index in [1.54, 1.807) is 18.2 Å². The van der Waals surface area contributed by atoms with Gasteiger partial charge >= 0.3 is 0 Å². The number of halogens is 2. The van der Waals surface area contributed by atoms with Crippen molar-refractivity contribution >= 4 is 40.9 Å². The molecule has 0 saturated heterocycles. The second-order valence-electron chi connectivity index (χ2n) is 6.66. The van der Waals surface area contributed by atoms with Crippen molar-refractivity contribution in [1.82, 2.24) is 0 Å². The molecule has 2 rings (SSSR count). The minimum Gasteiger partial charge on any atom is -0.495 e. The standard InChI is InChI=1S/C20H21Cl2NO2/c1-20(2,3)14-6-8-16(9-7-14)23-18(24)10-5-13-11-15(21)12-17(22)19(13)25-4/h5-12H,1-4H3,(H,23,24)/b10-5+. The van der Waals surface area contributed by atoms with Gasteiger partial charge in [-0.25, -0.2) is 0 Å². The molecule has 5 heteroatoms. The van der Waals surface area contributed by atoms with Gasteiger partial charge in [-0.1, -0.05) is 56.1 Å². The quantitative estimate of drug-likeness (QED) is 0.668. The van der Waals surface area contributed by atoms with E-state index < -0.39 is 0 Å². The maximum absolute atomic E-state index is 12.1. The van der Waals surface area contributed by atoms with Crippen molar-refractivity contribution in [3.8, 4) is 5.75 Å². The smallest absolute Gasteiger partial charge is 0.248 e. The van der Waals surface area contributed by atoms with Crippen LogP contribution in [0.15, 0.2) is 42.5 Å². The van der Waals surface area contributed by atoms with Crippen LogP contribution in [-0.4, -0.2) is 13.0 Å². The Kier molecular flexibility index (Phi) is 6.15. The lowest BCUT2D eigenvalue weighted by Gasteiger charge is -2.19. The average Bonchev–Trinajstić information content (AvgIpc) is 2.52. The molecule has 1 amide bonds. The fourth-order valence-electron chi connectivity index (χ4n) is 2.32. The maximum Gasteiger partial charge on any atom is 0.248 e. The Morgan fingerprint density at radius 3 is 2.32 bits per heavy atom. The molecule has 0 bridgehead atoms. The van der Waals surface area contributed by atoms with Gasteiger partial charge in [-0.05, 0) is 41.3 Å². The number of methoxy groups -OCH3 is 1. The van der Waals surface area contributed by atoms with Gasteiger partial charge in [0, 0.05) is 22.3 Å². The normalized spacial score (nSPS) is 11.6. The zero-order valence-corrected chi connectivity index (χ0v) is 16.2. The summed E-state index contributed by atoms with van der Waals surface area (Å²) >= 11 is 12.1. The lowest BCUT2D eigenvalue weighted by molar-refractivity contribution is -0.111. The van der Waals surface area contributed by atoms with Gasteiger partial charge in [0.25, 0.3) is 0 Å². The lowest BCUT2D eigenvalue weighted by atomic mass is 9.87. The summed E-state index contributed by atoms with van der Waals surface area (Å²) in [4.78, 5) is 12.1. The fourth-order valence-corrected chi connectivity index (χ4v) is 2.91.